The van der Waals surface area contributed by atoms with Crippen molar-refractivity contribution in [2.45, 2.75) is 50.7 Å². The fourth-order valence-electron chi connectivity index (χ4n) is 7.32. The van der Waals surface area contributed by atoms with Crippen LogP contribution in [-0.2, 0) is 32.1 Å². The summed E-state index contributed by atoms with van der Waals surface area (Å²) in [4.78, 5) is 72.3. The summed E-state index contributed by atoms with van der Waals surface area (Å²) in [5.74, 6) is -10.1. The van der Waals surface area contributed by atoms with E-state index in [4.69, 9.17) is 5.73 Å². The Morgan fingerprint density at radius 2 is 1.82 bits per heavy atom. The van der Waals surface area contributed by atoms with Crippen molar-refractivity contribution in [3.8, 4) is 17.0 Å². The second-order valence-corrected chi connectivity index (χ2v) is 11.6. The molecule has 2 aromatic rings. The molecule has 4 N–H and O–H groups in total. The van der Waals surface area contributed by atoms with Crippen LogP contribution in [0, 0.1) is 23.7 Å². The van der Waals surface area contributed by atoms with Crippen LogP contribution in [-0.4, -0.2) is 67.8 Å². The number of fused-ring (bicyclic) bond motifs is 3. The number of phenolic OH excluding ortho intramolecular Hbond substituents is 1. The molecule has 10 nitrogen and oxygen atoms in total. The molecule has 3 fully saturated rings. The fraction of sp³-hybridized carbons (Fsp3) is 0.467. The smallest absolute Gasteiger partial charge is 0.235 e. The number of phenols is 1. The Balaban J connectivity index is 1.46. The molecular weight excluding hydrogens is 514 g/mol. The molecule has 1 amide bonds. The summed E-state index contributed by atoms with van der Waals surface area (Å²) < 4.78 is 0. The molecule has 6 rings (SSSR count). The number of carbonyl (C=O) groups excluding carboxylic acids is 5. The summed E-state index contributed by atoms with van der Waals surface area (Å²) in [5, 5.41) is 22.9. The van der Waals surface area contributed by atoms with E-state index >= 15 is 0 Å². The molecule has 40 heavy (non-hydrogen) atoms. The van der Waals surface area contributed by atoms with E-state index in [-0.39, 0.29) is 30.6 Å². The molecule has 3 aliphatic carbocycles. The third-order valence-corrected chi connectivity index (χ3v) is 9.26. The van der Waals surface area contributed by atoms with Crippen molar-refractivity contribution in [3.05, 3.63) is 47.2 Å². The number of aromatic hydroxyl groups is 1. The van der Waals surface area contributed by atoms with Crippen LogP contribution < -0.4 is 5.73 Å². The van der Waals surface area contributed by atoms with Crippen LogP contribution in [0.4, 0.5) is 0 Å². The maximum absolute atomic E-state index is 14.1. The molecule has 4 aliphatic rings. The number of piperidine rings is 1. The Morgan fingerprint density at radius 1 is 1.07 bits per heavy atom. The van der Waals surface area contributed by atoms with E-state index in [1.807, 2.05) is 18.2 Å². The van der Waals surface area contributed by atoms with Crippen LogP contribution in [0.3, 0.4) is 0 Å². The monoisotopic (exact) mass is 545 g/mol. The molecule has 1 aromatic carbocycles. The van der Waals surface area contributed by atoms with E-state index in [1.54, 1.807) is 12.3 Å². The normalized spacial score (nSPS) is 30.4. The highest BCUT2D eigenvalue weighted by atomic mass is 16.3. The standard InChI is InChI=1S/C30H31N3O7/c31-29(39)24-21(34)13-17-10-15-11-19-18(20-6-2-3-7-32-20)12-16(14-33-8-4-1-5-9-33)25(35)23(19)26(36)22(15)27(37)30(17,40)28(24)38/h2-3,6-7,12,15,17,22,24,35,40H,1,4-5,8-11,13-14H2,(H2,31,39)/t15-,17+,22?,24?,30+/m1/s1. The third-order valence-electron chi connectivity index (χ3n) is 9.26. The van der Waals surface area contributed by atoms with Crippen molar-refractivity contribution in [2.75, 3.05) is 13.1 Å². The van der Waals surface area contributed by atoms with Gasteiger partial charge in [0.15, 0.2) is 34.7 Å². The van der Waals surface area contributed by atoms with Crippen LogP contribution in [0.15, 0.2) is 30.5 Å². The molecule has 0 radical (unpaired) electrons. The van der Waals surface area contributed by atoms with Gasteiger partial charge in [-0.2, -0.15) is 0 Å². The number of aliphatic hydroxyl groups is 1. The zero-order valence-electron chi connectivity index (χ0n) is 22.0. The minimum absolute atomic E-state index is 0.0117. The SMILES string of the molecule is NC(=O)C1C(=O)C[C@@H]2C[C@@H]3Cc4c(-c5ccccn5)cc(CN5CCCCC5)c(O)c4C(=O)C3C(=O)[C@]2(O)C1=O. The average Bonchev–Trinajstić information content (AvgIpc) is 2.93. The van der Waals surface area contributed by atoms with Crippen molar-refractivity contribution < 1.29 is 34.2 Å². The molecule has 2 heterocycles. The summed E-state index contributed by atoms with van der Waals surface area (Å²) in [5.41, 5.74) is 5.03. The van der Waals surface area contributed by atoms with Crippen molar-refractivity contribution >= 4 is 29.0 Å². The molecule has 208 valence electrons. The predicted molar refractivity (Wildman–Crippen MR) is 141 cm³/mol. The van der Waals surface area contributed by atoms with Gasteiger partial charge in [-0.15, -0.1) is 0 Å². The number of pyridine rings is 1. The topological polar surface area (TPSA) is 168 Å². The van der Waals surface area contributed by atoms with Crippen LogP contribution in [0.2, 0.25) is 0 Å². The maximum atomic E-state index is 14.1. The number of carbonyl (C=O) groups is 5. The van der Waals surface area contributed by atoms with Gasteiger partial charge >= 0.3 is 0 Å². The number of Topliss-reactive ketones (excluding diaryl/α,β-unsaturated/α-hetero) is 4. The molecule has 1 aliphatic heterocycles. The second kappa shape index (κ2) is 9.71. The van der Waals surface area contributed by atoms with Gasteiger partial charge in [-0.25, -0.2) is 0 Å². The van der Waals surface area contributed by atoms with Crippen LogP contribution in [0.5, 0.6) is 5.75 Å². The van der Waals surface area contributed by atoms with E-state index in [1.165, 1.54) is 0 Å². The van der Waals surface area contributed by atoms with E-state index in [9.17, 15) is 34.2 Å². The number of likely N-dealkylation sites (tertiary alicyclic amines) is 1. The molecule has 2 unspecified atom stereocenters. The van der Waals surface area contributed by atoms with E-state index in [0.717, 1.165) is 32.4 Å². The zero-order valence-corrected chi connectivity index (χ0v) is 22.0. The third kappa shape index (κ3) is 3.92. The second-order valence-electron chi connectivity index (χ2n) is 11.6. The summed E-state index contributed by atoms with van der Waals surface area (Å²) in [6.45, 7) is 2.15. The molecule has 0 bridgehead atoms. The van der Waals surface area contributed by atoms with E-state index in [2.05, 4.69) is 9.88 Å². The summed E-state index contributed by atoms with van der Waals surface area (Å²) >= 11 is 0. The molecule has 10 heteroatoms. The predicted octanol–water partition coefficient (Wildman–Crippen LogP) is 1.37. The number of nitrogens with two attached hydrogens (primary N) is 1. The van der Waals surface area contributed by atoms with Crippen LogP contribution in [0.25, 0.3) is 11.3 Å². The van der Waals surface area contributed by atoms with Gasteiger partial charge in [0, 0.05) is 36.2 Å². The van der Waals surface area contributed by atoms with Gasteiger partial charge in [0.1, 0.15) is 5.75 Å². The number of benzene rings is 1. The van der Waals surface area contributed by atoms with Crippen LogP contribution >= 0.6 is 0 Å². The summed E-state index contributed by atoms with van der Waals surface area (Å²) in [6, 6.07) is 7.30. The number of ketones is 4. The van der Waals surface area contributed by atoms with Crippen LogP contribution in [0.1, 0.15) is 53.6 Å². The number of hydrogen-bond acceptors (Lipinski definition) is 9. The first-order chi connectivity index (χ1) is 19.1. The lowest BCUT2D eigenvalue weighted by Crippen LogP contribution is -2.68. The van der Waals surface area contributed by atoms with Gasteiger partial charge in [-0.3, -0.25) is 33.9 Å². The lowest BCUT2D eigenvalue weighted by molar-refractivity contribution is -0.175. The van der Waals surface area contributed by atoms with Gasteiger partial charge in [0.05, 0.1) is 17.2 Å². The fourth-order valence-corrected chi connectivity index (χ4v) is 7.32. The van der Waals surface area contributed by atoms with Crippen molar-refractivity contribution in [1.82, 2.24) is 9.88 Å². The lowest BCUT2D eigenvalue weighted by Gasteiger charge is -2.48. The zero-order chi connectivity index (χ0) is 28.3. The maximum Gasteiger partial charge on any atom is 0.235 e. The van der Waals surface area contributed by atoms with Crippen molar-refractivity contribution in [3.63, 3.8) is 0 Å². The Kier molecular flexibility index (Phi) is 6.42. The molecule has 2 saturated carbocycles. The van der Waals surface area contributed by atoms with Gasteiger partial charge in [-0.1, -0.05) is 12.5 Å². The Labute approximate surface area is 230 Å². The quantitative estimate of drug-likeness (QED) is 0.481. The highest BCUT2D eigenvalue weighted by molar-refractivity contribution is 6.31. The first-order valence-electron chi connectivity index (χ1n) is 13.8. The van der Waals surface area contributed by atoms with Crippen molar-refractivity contribution in [2.24, 2.45) is 29.4 Å². The number of nitrogens with zero attached hydrogens (tertiary/aromatic N) is 2. The van der Waals surface area contributed by atoms with Crippen molar-refractivity contribution in [1.29, 1.82) is 0 Å². The highest BCUT2D eigenvalue weighted by Crippen LogP contribution is 2.51. The molecular formula is C30H31N3O7. The average molecular weight is 546 g/mol. The molecule has 0 spiro atoms. The van der Waals surface area contributed by atoms with E-state index < -0.39 is 58.3 Å². The highest BCUT2D eigenvalue weighted by Gasteiger charge is 2.66. The summed E-state index contributed by atoms with van der Waals surface area (Å²) in [6.07, 6.45) is 4.77. The lowest BCUT2D eigenvalue weighted by atomic mass is 9.53. The first-order valence-corrected chi connectivity index (χ1v) is 13.8. The molecule has 1 aromatic heterocycles. The van der Waals surface area contributed by atoms with E-state index in [0.29, 0.717) is 28.9 Å². The molecule has 5 atom stereocenters. The minimum Gasteiger partial charge on any atom is -0.507 e. The summed E-state index contributed by atoms with van der Waals surface area (Å²) in [7, 11) is 0. The van der Waals surface area contributed by atoms with Gasteiger partial charge < -0.3 is 15.9 Å². The molecule has 1 saturated heterocycles. The van der Waals surface area contributed by atoms with Gasteiger partial charge in [0.25, 0.3) is 0 Å². The Hall–Kier alpha value is -3.76. The number of rotatable bonds is 4. The minimum atomic E-state index is -2.66. The van der Waals surface area contributed by atoms with Gasteiger partial charge in [0.2, 0.25) is 5.91 Å². The largest absolute Gasteiger partial charge is 0.507 e. The van der Waals surface area contributed by atoms with Gasteiger partial charge in [-0.05, 0) is 68.5 Å². The number of amides is 1. The number of primary amides is 1. The first kappa shape index (κ1) is 26.5. The number of hydrogen-bond donors (Lipinski definition) is 3. The Morgan fingerprint density at radius 3 is 2.50 bits per heavy atom. The number of aromatic nitrogens is 1. The Bertz CT molecular complexity index is 1450.